The summed E-state index contributed by atoms with van der Waals surface area (Å²) in [5, 5.41) is 14.3. The van der Waals surface area contributed by atoms with E-state index >= 15 is 0 Å². The number of carbonyl (C=O) groups excluding carboxylic acids is 1. The summed E-state index contributed by atoms with van der Waals surface area (Å²) in [6.45, 7) is 6.22. The van der Waals surface area contributed by atoms with Gasteiger partial charge >= 0.3 is 0 Å². The third kappa shape index (κ3) is 5.80. The Morgan fingerprint density at radius 1 is 0.925 bits per heavy atom. The molecule has 0 aliphatic carbocycles. The Hall–Kier alpha value is -3.96. The minimum absolute atomic E-state index is 0.0358. The molecular formula is C35H39N3O2. The average molecular weight is 534 g/mol. The van der Waals surface area contributed by atoms with Gasteiger partial charge in [-0.2, -0.15) is 0 Å². The normalized spacial score (nSPS) is 13.0. The topological polar surface area (TPSA) is 66.6 Å². The van der Waals surface area contributed by atoms with Gasteiger partial charge in [-0.1, -0.05) is 99.0 Å². The van der Waals surface area contributed by atoms with Crippen molar-refractivity contribution in [3.8, 4) is 0 Å². The first-order valence-electron chi connectivity index (χ1n) is 14.4. The zero-order chi connectivity index (χ0) is 28.1. The fourth-order valence-electron chi connectivity index (χ4n) is 5.82. The molecule has 2 atom stereocenters. The summed E-state index contributed by atoms with van der Waals surface area (Å²) >= 11 is 0. The van der Waals surface area contributed by atoms with Crippen LogP contribution in [-0.4, -0.2) is 27.0 Å². The Labute approximate surface area is 236 Å². The van der Waals surface area contributed by atoms with Crippen molar-refractivity contribution in [3.63, 3.8) is 0 Å². The molecule has 5 aromatic rings. The van der Waals surface area contributed by atoms with Gasteiger partial charge in [0, 0.05) is 28.8 Å². The number of fused-ring (bicyclic) bond motifs is 3. The van der Waals surface area contributed by atoms with Crippen LogP contribution >= 0.6 is 0 Å². The lowest BCUT2D eigenvalue weighted by Crippen LogP contribution is -2.34. The maximum atomic E-state index is 13.5. The Morgan fingerprint density at radius 3 is 2.38 bits per heavy atom. The van der Waals surface area contributed by atoms with E-state index in [1.165, 1.54) is 27.7 Å². The summed E-state index contributed by atoms with van der Waals surface area (Å²) in [6.07, 6.45) is 4.72. The van der Waals surface area contributed by atoms with E-state index < -0.39 is 6.04 Å². The van der Waals surface area contributed by atoms with Crippen molar-refractivity contribution in [2.24, 2.45) is 0 Å². The third-order valence-electron chi connectivity index (χ3n) is 7.88. The van der Waals surface area contributed by atoms with Crippen molar-refractivity contribution >= 4 is 22.5 Å². The number of aromatic nitrogens is 2. The molecule has 1 amide bonds. The SMILES string of the molecule is CCCCC[C@@H](C(=O)N[C@@H](CO)c1ccccc1)c1ccc(Cc2c3ccccc3n3c(C)cc(C)nc23)cc1. The number of carbonyl (C=O) groups is 1. The van der Waals surface area contributed by atoms with Gasteiger partial charge in [-0.25, -0.2) is 4.98 Å². The van der Waals surface area contributed by atoms with Crippen molar-refractivity contribution in [1.82, 2.24) is 14.7 Å². The number of nitrogens with one attached hydrogen (secondary N) is 1. The fourth-order valence-corrected chi connectivity index (χ4v) is 5.82. The zero-order valence-corrected chi connectivity index (χ0v) is 23.7. The maximum Gasteiger partial charge on any atom is 0.228 e. The number of aliphatic hydroxyl groups is 1. The predicted octanol–water partition coefficient (Wildman–Crippen LogP) is 7.21. The van der Waals surface area contributed by atoms with Crippen LogP contribution in [0.4, 0.5) is 0 Å². The lowest BCUT2D eigenvalue weighted by atomic mass is 9.90. The monoisotopic (exact) mass is 533 g/mol. The average Bonchev–Trinajstić information content (AvgIpc) is 3.28. The van der Waals surface area contributed by atoms with Crippen LogP contribution in [0.2, 0.25) is 0 Å². The molecule has 2 aromatic heterocycles. The molecule has 2 N–H and O–H groups in total. The molecule has 0 saturated heterocycles. The number of benzene rings is 3. The number of para-hydroxylation sites is 1. The minimum Gasteiger partial charge on any atom is -0.394 e. The Bertz CT molecular complexity index is 1590. The molecule has 0 fully saturated rings. The fraction of sp³-hybridized carbons (Fsp3) is 0.314. The van der Waals surface area contributed by atoms with Gasteiger partial charge in [0.15, 0.2) is 0 Å². The minimum atomic E-state index is -0.419. The van der Waals surface area contributed by atoms with Crippen molar-refractivity contribution in [2.45, 2.75) is 64.8 Å². The first-order chi connectivity index (χ1) is 19.5. The summed E-state index contributed by atoms with van der Waals surface area (Å²) in [4.78, 5) is 18.5. The second kappa shape index (κ2) is 12.5. The largest absolute Gasteiger partial charge is 0.394 e. The molecule has 0 aliphatic rings. The van der Waals surface area contributed by atoms with Crippen LogP contribution < -0.4 is 5.32 Å². The van der Waals surface area contributed by atoms with E-state index in [1.54, 1.807) is 0 Å². The van der Waals surface area contributed by atoms with E-state index in [1.807, 2.05) is 37.3 Å². The van der Waals surface area contributed by atoms with Gasteiger partial charge in [-0.05, 0) is 49.1 Å². The number of hydrogen-bond donors (Lipinski definition) is 2. The molecule has 5 nitrogen and oxygen atoms in total. The highest BCUT2D eigenvalue weighted by Crippen LogP contribution is 2.30. The number of amides is 1. The van der Waals surface area contributed by atoms with E-state index in [4.69, 9.17) is 4.98 Å². The highest BCUT2D eigenvalue weighted by atomic mass is 16.3. The first kappa shape index (κ1) is 27.6. The van der Waals surface area contributed by atoms with E-state index in [0.717, 1.165) is 54.6 Å². The van der Waals surface area contributed by atoms with Crippen LogP contribution in [-0.2, 0) is 11.2 Å². The van der Waals surface area contributed by atoms with Crippen LogP contribution in [0, 0.1) is 13.8 Å². The van der Waals surface area contributed by atoms with Gasteiger partial charge in [-0.15, -0.1) is 0 Å². The van der Waals surface area contributed by atoms with E-state index in [2.05, 4.69) is 78.2 Å². The van der Waals surface area contributed by atoms with Crippen LogP contribution in [0.3, 0.4) is 0 Å². The smallest absolute Gasteiger partial charge is 0.228 e. The number of rotatable bonds is 11. The lowest BCUT2D eigenvalue weighted by Gasteiger charge is -2.22. The molecule has 0 radical (unpaired) electrons. The number of aliphatic hydroxyl groups excluding tert-OH is 1. The molecule has 5 heteroatoms. The van der Waals surface area contributed by atoms with E-state index in [-0.39, 0.29) is 18.4 Å². The van der Waals surface area contributed by atoms with Crippen LogP contribution in [0.1, 0.15) is 78.2 Å². The Kier molecular flexibility index (Phi) is 8.61. The molecule has 3 aromatic carbocycles. The zero-order valence-electron chi connectivity index (χ0n) is 23.7. The molecule has 0 spiro atoms. The molecule has 0 saturated carbocycles. The van der Waals surface area contributed by atoms with E-state index in [0.29, 0.717) is 0 Å². The number of nitrogens with zero attached hydrogens (tertiary/aromatic N) is 2. The van der Waals surface area contributed by atoms with Crippen molar-refractivity contribution in [2.75, 3.05) is 6.61 Å². The van der Waals surface area contributed by atoms with Crippen molar-refractivity contribution < 1.29 is 9.90 Å². The molecule has 0 unspecified atom stereocenters. The van der Waals surface area contributed by atoms with Gasteiger partial charge in [0.25, 0.3) is 0 Å². The second-order valence-electron chi connectivity index (χ2n) is 10.8. The molecule has 0 bridgehead atoms. The maximum absolute atomic E-state index is 13.5. The van der Waals surface area contributed by atoms with Gasteiger partial charge < -0.3 is 10.4 Å². The Balaban J connectivity index is 1.42. The quantitative estimate of drug-likeness (QED) is 0.176. The standard InChI is InChI=1S/C35H39N3O2/c1-4-5-7-14-29(35(40)37-32(23-39)28-12-8-6-9-13-28)27-19-17-26(18-20-27)22-31-30-15-10-11-16-33(30)38-25(3)21-24(2)36-34(31)38/h6,8-13,15-21,29,32,39H,4-5,7,14,22-23H2,1-3H3,(H,37,40)/t29-,32+/m1/s1. The molecule has 2 heterocycles. The van der Waals surface area contributed by atoms with E-state index in [9.17, 15) is 9.90 Å². The van der Waals surface area contributed by atoms with Crippen LogP contribution in [0.25, 0.3) is 16.6 Å². The summed E-state index contributed by atoms with van der Waals surface area (Å²) in [7, 11) is 0. The van der Waals surface area contributed by atoms with Crippen molar-refractivity contribution in [3.05, 3.63) is 119 Å². The molecule has 0 aliphatic heterocycles. The van der Waals surface area contributed by atoms with Crippen LogP contribution in [0.15, 0.2) is 84.9 Å². The van der Waals surface area contributed by atoms with Gasteiger partial charge in [0.1, 0.15) is 5.65 Å². The lowest BCUT2D eigenvalue weighted by molar-refractivity contribution is -0.123. The number of unbranched alkanes of at least 4 members (excludes halogenated alkanes) is 2. The predicted molar refractivity (Wildman–Crippen MR) is 163 cm³/mol. The second-order valence-corrected chi connectivity index (χ2v) is 10.8. The summed E-state index contributed by atoms with van der Waals surface area (Å²) in [6, 6.07) is 28.4. The first-order valence-corrected chi connectivity index (χ1v) is 14.4. The number of aryl methyl sites for hydroxylation is 2. The third-order valence-corrected chi connectivity index (χ3v) is 7.88. The highest BCUT2D eigenvalue weighted by Gasteiger charge is 2.24. The highest BCUT2D eigenvalue weighted by molar-refractivity contribution is 5.91. The van der Waals surface area contributed by atoms with Gasteiger partial charge in [0.05, 0.1) is 24.1 Å². The van der Waals surface area contributed by atoms with Gasteiger partial charge in [-0.3, -0.25) is 9.20 Å². The van der Waals surface area contributed by atoms with Crippen LogP contribution in [0.5, 0.6) is 0 Å². The summed E-state index contributed by atoms with van der Waals surface area (Å²) in [5.74, 6) is -0.298. The summed E-state index contributed by atoms with van der Waals surface area (Å²) < 4.78 is 2.25. The van der Waals surface area contributed by atoms with Gasteiger partial charge in [0.2, 0.25) is 5.91 Å². The number of hydrogen-bond acceptors (Lipinski definition) is 3. The van der Waals surface area contributed by atoms with Crippen molar-refractivity contribution in [1.29, 1.82) is 0 Å². The molecule has 206 valence electrons. The molecule has 5 rings (SSSR count). The molecular weight excluding hydrogens is 494 g/mol. The molecule has 40 heavy (non-hydrogen) atoms. The Morgan fingerprint density at radius 2 is 1.65 bits per heavy atom. The summed E-state index contributed by atoms with van der Waals surface area (Å²) in [5.41, 5.74) is 8.72.